The summed E-state index contributed by atoms with van der Waals surface area (Å²) in [4.78, 5) is 15.3. The number of benzene rings is 1. The van der Waals surface area contributed by atoms with Gasteiger partial charge in [0.1, 0.15) is 6.33 Å². The van der Waals surface area contributed by atoms with Gasteiger partial charge in [0.25, 0.3) is 0 Å². The molecule has 0 aliphatic heterocycles. The van der Waals surface area contributed by atoms with E-state index in [-0.39, 0.29) is 10.0 Å². The molecule has 0 unspecified atom stereocenters. The molecule has 7 heteroatoms. The maximum Gasteiger partial charge on any atom is 0.331 e. The van der Waals surface area contributed by atoms with Gasteiger partial charge < -0.3 is 5.32 Å². The van der Waals surface area contributed by atoms with Crippen molar-refractivity contribution in [2.24, 2.45) is 0 Å². The molecule has 0 bridgehead atoms. The molecule has 0 saturated heterocycles. The third kappa shape index (κ3) is 2.57. The molecule has 1 amide bonds. The second-order valence-corrected chi connectivity index (χ2v) is 3.97. The van der Waals surface area contributed by atoms with Crippen molar-refractivity contribution in [3.05, 3.63) is 46.7 Å². The Morgan fingerprint density at radius 3 is 2.53 bits per heavy atom. The fourth-order valence-electron chi connectivity index (χ4n) is 1.19. The first-order chi connectivity index (χ1) is 8.08. The van der Waals surface area contributed by atoms with Gasteiger partial charge in [0, 0.05) is 18.1 Å². The molecule has 17 heavy (non-hydrogen) atoms. The smallest absolute Gasteiger partial charge is 0.307 e. The van der Waals surface area contributed by atoms with Gasteiger partial charge >= 0.3 is 6.03 Å². The lowest BCUT2D eigenvalue weighted by Gasteiger charge is -2.07. The van der Waals surface area contributed by atoms with Crippen LogP contribution >= 0.6 is 23.2 Å². The highest BCUT2D eigenvalue weighted by Gasteiger charge is 2.10. The van der Waals surface area contributed by atoms with Gasteiger partial charge in [-0.05, 0) is 12.1 Å². The lowest BCUT2D eigenvalue weighted by molar-refractivity contribution is 0.253. The number of nitrogens with zero attached hydrogens (tertiary/aromatic N) is 2. The zero-order valence-corrected chi connectivity index (χ0v) is 9.84. The van der Waals surface area contributed by atoms with Crippen LogP contribution in [-0.4, -0.2) is 15.6 Å². The number of hydrogen-bond acceptors (Lipinski definition) is 2. The molecule has 0 spiro atoms. The zero-order valence-electron chi connectivity index (χ0n) is 8.32. The molecular weight excluding hydrogens is 268 g/mol. The van der Waals surface area contributed by atoms with Crippen molar-refractivity contribution >= 4 is 34.9 Å². The molecule has 1 heterocycles. The minimum Gasteiger partial charge on any atom is -0.307 e. The first kappa shape index (κ1) is 11.9. The van der Waals surface area contributed by atoms with Crippen LogP contribution in [0.3, 0.4) is 0 Å². The molecule has 0 atom stereocenters. The van der Waals surface area contributed by atoms with Crippen LogP contribution in [0.25, 0.3) is 0 Å². The second kappa shape index (κ2) is 4.73. The maximum atomic E-state index is 13.1. The minimum absolute atomic E-state index is 0.154. The molecule has 0 radical (unpaired) electrons. The van der Waals surface area contributed by atoms with Gasteiger partial charge in [-0.1, -0.05) is 23.2 Å². The molecule has 1 aromatic heterocycles. The maximum absolute atomic E-state index is 13.1. The topological polar surface area (TPSA) is 46.9 Å². The first-order valence-corrected chi connectivity index (χ1v) is 5.27. The number of rotatable bonds is 1. The van der Waals surface area contributed by atoms with Crippen LogP contribution in [0.15, 0.2) is 30.9 Å². The quantitative estimate of drug-likeness (QED) is 0.810. The molecule has 0 fully saturated rings. The van der Waals surface area contributed by atoms with E-state index in [1.807, 2.05) is 0 Å². The van der Waals surface area contributed by atoms with Crippen LogP contribution < -0.4 is 5.32 Å². The molecule has 88 valence electrons. The van der Waals surface area contributed by atoms with E-state index in [0.717, 1.165) is 0 Å². The van der Waals surface area contributed by atoms with Crippen molar-refractivity contribution in [2.75, 3.05) is 5.32 Å². The van der Waals surface area contributed by atoms with Gasteiger partial charge in [0.15, 0.2) is 5.82 Å². The Bertz CT molecular complexity index is 534. The summed E-state index contributed by atoms with van der Waals surface area (Å²) >= 11 is 11.2. The number of carbonyl (C=O) groups is 1. The number of carbonyl (C=O) groups excluding carboxylic acids is 1. The van der Waals surface area contributed by atoms with Crippen molar-refractivity contribution < 1.29 is 9.18 Å². The summed E-state index contributed by atoms with van der Waals surface area (Å²) in [5, 5.41) is 2.19. The van der Waals surface area contributed by atoms with Gasteiger partial charge in [0.05, 0.1) is 10.0 Å². The van der Waals surface area contributed by atoms with Crippen LogP contribution in [-0.2, 0) is 0 Å². The Hall–Kier alpha value is -1.59. The molecule has 2 aromatic rings. The summed E-state index contributed by atoms with van der Waals surface area (Å²) in [6, 6.07) is 2.11. The number of aromatic nitrogens is 2. The highest BCUT2D eigenvalue weighted by Crippen LogP contribution is 2.27. The molecule has 1 N–H and O–H groups in total. The largest absolute Gasteiger partial charge is 0.331 e. The van der Waals surface area contributed by atoms with Crippen molar-refractivity contribution in [1.82, 2.24) is 9.55 Å². The molecule has 4 nitrogen and oxygen atoms in total. The van der Waals surface area contributed by atoms with Crippen molar-refractivity contribution in [3.8, 4) is 0 Å². The Morgan fingerprint density at radius 2 is 2.00 bits per heavy atom. The summed E-state index contributed by atoms with van der Waals surface area (Å²) in [6.45, 7) is 0. The number of amides is 1. The van der Waals surface area contributed by atoms with Crippen molar-refractivity contribution in [1.29, 1.82) is 0 Å². The number of nitrogens with one attached hydrogen (secondary N) is 1. The first-order valence-electron chi connectivity index (χ1n) is 4.52. The predicted octanol–water partition coefficient (Wildman–Crippen LogP) is 3.41. The highest BCUT2D eigenvalue weighted by atomic mass is 35.5. The molecule has 1 aromatic carbocycles. The highest BCUT2D eigenvalue weighted by molar-refractivity contribution is 6.35. The van der Waals surface area contributed by atoms with E-state index in [2.05, 4.69) is 10.3 Å². The molecular formula is C10H6Cl2FN3O. The molecule has 0 aliphatic rings. The Balaban J connectivity index is 2.22. The molecule has 2 rings (SSSR count). The summed E-state index contributed by atoms with van der Waals surface area (Å²) in [5.74, 6) is -0.714. The lowest BCUT2D eigenvalue weighted by atomic mass is 10.3. The predicted molar refractivity (Wildman–Crippen MR) is 63.1 cm³/mol. The minimum atomic E-state index is -0.714. The third-order valence-electron chi connectivity index (χ3n) is 1.97. The average molecular weight is 274 g/mol. The van der Waals surface area contributed by atoms with Gasteiger partial charge in [-0.3, -0.25) is 4.57 Å². The number of imidazole rings is 1. The fraction of sp³-hybridized carbons (Fsp3) is 0. The standard InChI is InChI=1S/C10H6Cl2FN3O/c11-7-3-6(4-8(12)9(7)13)15-10(17)16-2-1-14-5-16/h1-5H,(H,15,17). The van der Waals surface area contributed by atoms with Gasteiger partial charge in [-0.2, -0.15) is 0 Å². The average Bonchev–Trinajstić information content (AvgIpc) is 2.79. The van der Waals surface area contributed by atoms with E-state index in [4.69, 9.17) is 23.2 Å². The van der Waals surface area contributed by atoms with Gasteiger partial charge in [0.2, 0.25) is 0 Å². The lowest BCUT2D eigenvalue weighted by Crippen LogP contribution is -2.17. The van der Waals surface area contributed by atoms with Crippen molar-refractivity contribution in [2.45, 2.75) is 0 Å². The Morgan fingerprint density at radius 1 is 1.35 bits per heavy atom. The number of hydrogen-bond donors (Lipinski definition) is 1. The molecule has 0 saturated carbocycles. The Labute approximate surface area is 106 Å². The van der Waals surface area contributed by atoms with Crippen LogP contribution in [0.5, 0.6) is 0 Å². The summed E-state index contributed by atoms with van der Waals surface area (Å²) in [5.41, 5.74) is 0.306. The van der Waals surface area contributed by atoms with Crippen LogP contribution in [0.1, 0.15) is 0 Å². The van der Waals surface area contributed by atoms with Crippen LogP contribution in [0.4, 0.5) is 14.9 Å². The monoisotopic (exact) mass is 273 g/mol. The summed E-state index contributed by atoms with van der Waals surface area (Å²) in [6.07, 6.45) is 4.27. The second-order valence-electron chi connectivity index (χ2n) is 3.15. The van der Waals surface area contributed by atoms with E-state index in [1.165, 1.54) is 35.4 Å². The van der Waals surface area contributed by atoms with E-state index >= 15 is 0 Å². The summed E-state index contributed by atoms with van der Waals surface area (Å²) < 4.78 is 14.4. The van der Waals surface area contributed by atoms with Crippen LogP contribution in [0.2, 0.25) is 10.0 Å². The third-order valence-corrected chi connectivity index (χ3v) is 2.52. The van der Waals surface area contributed by atoms with E-state index in [0.29, 0.717) is 5.69 Å². The summed E-state index contributed by atoms with van der Waals surface area (Å²) in [7, 11) is 0. The SMILES string of the molecule is O=C(Nc1cc(Cl)c(F)c(Cl)c1)n1ccnc1. The van der Waals surface area contributed by atoms with E-state index < -0.39 is 11.8 Å². The van der Waals surface area contributed by atoms with Gasteiger partial charge in [-0.15, -0.1) is 0 Å². The van der Waals surface area contributed by atoms with Crippen molar-refractivity contribution in [3.63, 3.8) is 0 Å². The Kier molecular flexibility index (Phi) is 3.31. The number of halogens is 3. The number of anilines is 1. The zero-order chi connectivity index (χ0) is 12.4. The van der Waals surface area contributed by atoms with E-state index in [9.17, 15) is 9.18 Å². The normalized spacial score (nSPS) is 10.3. The van der Waals surface area contributed by atoms with Gasteiger partial charge in [-0.25, -0.2) is 14.2 Å². The van der Waals surface area contributed by atoms with Crippen LogP contribution in [0, 0.1) is 5.82 Å². The molecule has 0 aliphatic carbocycles. The fourth-order valence-corrected chi connectivity index (χ4v) is 1.68. The van der Waals surface area contributed by atoms with E-state index in [1.54, 1.807) is 0 Å².